The topological polar surface area (TPSA) is 101 Å². The number of halogens is 3. The molecule has 234 valence electrons. The summed E-state index contributed by atoms with van der Waals surface area (Å²) in [7, 11) is 4.33. The quantitative estimate of drug-likeness (QED) is 0.148. The molecule has 1 fully saturated rings. The molecule has 1 saturated heterocycles. The van der Waals surface area contributed by atoms with Gasteiger partial charge in [0, 0.05) is 24.1 Å². The third kappa shape index (κ3) is 5.60. The minimum Gasteiger partial charge on any atom is -0.493 e. The van der Waals surface area contributed by atoms with Gasteiger partial charge in [-0.05, 0) is 53.6 Å². The summed E-state index contributed by atoms with van der Waals surface area (Å²) in [5.41, 5.74) is 0.391. The van der Waals surface area contributed by atoms with Crippen molar-refractivity contribution in [3.63, 3.8) is 0 Å². The first-order chi connectivity index (χ1) is 22.0. The Morgan fingerprint density at radius 3 is 2.48 bits per heavy atom. The highest BCUT2D eigenvalue weighted by Gasteiger charge is 2.34. The number of carbonyl (C=O) groups is 1. The lowest BCUT2D eigenvalue weighted by Gasteiger charge is -2.15. The van der Waals surface area contributed by atoms with Crippen molar-refractivity contribution < 1.29 is 18.7 Å². The van der Waals surface area contributed by atoms with Crippen molar-refractivity contribution in [1.82, 2.24) is 18.7 Å². The number of rotatable bonds is 7. The van der Waals surface area contributed by atoms with Crippen molar-refractivity contribution in [2.45, 2.75) is 6.54 Å². The SMILES string of the molecule is COc1cc(C=C2SC(=S)N(c3ccccc3F)C2=O)ccc1Oc1nc2c(c(=O)n(C)c(=O)n2C)n1Cc1ccc(Cl)cc1Cl. The van der Waals surface area contributed by atoms with Crippen LogP contribution >= 0.6 is 47.2 Å². The molecule has 0 saturated carbocycles. The number of hydrogen-bond acceptors (Lipinski definition) is 8. The van der Waals surface area contributed by atoms with E-state index in [9.17, 15) is 18.8 Å². The molecule has 6 rings (SSSR count). The van der Waals surface area contributed by atoms with Crippen LogP contribution in [0.5, 0.6) is 17.5 Å². The molecule has 0 radical (unpaired) electrons. The van der Waals surface area contributed by atoms with Gasteiger partial charge in [-0.3, -0.25) is 28.2 Å². The number of anilines is 1. The van der Waals surface area contributed by atoms with E-state index in [4.69, 9.17) is 44.9 Å². The number of benzene rings is 3. The summed E-state index contributed by atoms with van der Waals surface area (Å²) in [4.78, 5) is 45.2. The summed E-state index contributed by atoms with van der Waals surface area (Å²) in [5.74, 6) is -0.506. The van der Waals surface area contributed by atoms with Crippen molar-refractivity contribution >= 4 is 80.3 Å². The largest absolute Gasteiger partial charge is 0.493 e. The maximum absolute atomic E-state index is 14.4. The number of thiocarbonyl (C=S) groups is 1. The molecule has 1 amide bonds. The first kappa shape index (κ1) is 31.5. The molecule has 46 heavy (non-hydrogen) atoms. The number of para-hydroxylation sites is 1. The molecule has 0 spiro atoms. The molecule has 2 aromatic heterocycles. The molecule has 10 nitrogen and oxygen atoms in total. The van der Waals surface area contributed by atoms with Crippen LogP contribution in [-0.2, 0) is 25.4 Å². The number of carbonyl (C=O) groups excluding carboxylic acids is 1. The first-order valence-corrected chi connectivity index (χ1v) is 15.4. The maximum atomic E-state index is 14.4. The molecule has 0 atom stereocenters. The molecule has 15 heteroatoms. The Morgan fingerprint density at radius 2 is 1.76 bits per heavy atom. The molecule has 3 aromatic carbocycles. The number of thioether (sulfide) groups is 1. The van der Waals surface area contributed by atoms with Crippen molar-refractivity contribution in [2.75, 3.05) is 12.0 Å². The third-order valence-corrected chi connectivity index (χ3v) is 9.12. The Labute approximate surface area is 280 Å². The van der Waals surface area contributed by atoms with E-state index in [0.29, 0.717) is 26.1 Å². The van der Waals surface area contributed by atoms with E-state index < -0.39 is 23.0 Å². The maximum Gasteiger partial charge on any atom is 0.332 e. The number of fused-ring (bicyclic) bond motifs is 1. The molecule has 1 aliphatic rings. The highest BCUT2D eigenvalue weighted by atomic mass is 35.5. The fraction of sp³-hybridized carbons (Fsp3) is 0.129. The van der Waals surface area contributed by atoms with Gasteiger partial charge < -0.3 is 9.47 Å². The summed E-state index contributed by atoms with van der Waals surface area (Å²) in [5, 5.41) is 0.808. The number of nitrogens with zero attached hydrogens (tertiary/aromatic N) is 5. The lowest BCUT2D eigenvalue weighted by Crippen LogP contribution is -2.37. The second-order valence-electron chi connectivity index (χ2n) is 10.1. The monoisotopic (exact) mass is 697 g/mol. The minimum atomic E-state index is -0.569. The number of ether oxygens (including phenoxy) is 2. The highest BCUT2D eigenvalue weighted by molar-refractivity contribution is 8.27. The molecule has 0 unspecified atom stereocenters. The second-order valence-corrected chi connectivity index (χ2v) is 12.6. The molecular formula is C31H22Cl2FN5O5S2. The van der Waals surface area contributed by atoms with E-state index in [1.54, 1.807) is 48.5 Å². The summed E-state index contributed by atoms with van der Waals surface area (Å²) in [6, 6.07) is 15.8. The molecule has 5 aromatic rings. The second kappa shape index (κ2) is 12.4. The van der Waals surface area contributed by atoms with Gasteiger partial charge in [0.2, 0.25) is 0 Å². The molecule has 3 heterocycles. The average molecular weight is 699 g/mol. The van der Waals surface area contributed by atoms with Crippen LogP contribution in [0.25, 0.3) is 17.2 Å². The van der Waals surface area contributed by atoms with Crippen molar-refractivity contribution in [1.29, 1.82) is 0 Å². The van der Waals surface area contributed by atoms with E-state index in [0.717, 1.165) is 21.2 Å². The van der Waals surface area contributed by atoms with Crippen LogP contribution in [0.15, 0.2) is 75.2 Å². The number of aromatic nitrogens is 4. The fourth-order valence-electron chi connectivity index (χ4n) is 4.89. The summed E-state index contributed by atoms with van der Waals surface area (Å²) in [6.45, 7) is 0.0690. The third-order valence-electron chi connectivity index (χ3n) is 7.23. The zero-order chi connectivity index (χ0) is 32.9. The van der Waals surface area contributed by atoms with Crippen LogP contribution in [0.3, 0.4) is 0 Å². The van der Waals surface area contributed by atoms with Crippen LogP contribution in [0.2, 0.25) is 10.0 Å². The van der Waals surface area contributed by atoms with Crippen LogP contribution < -0.4 is 25.6 Å². The van der Waals surface area contributed by atoms with Gasteiger partial charge in [-0.2, -0.15) is 4.98 Å². The summed E-state index contributed by atoms with van der Waals surface area (Å²) in [6.07, 6.45) is 1.61. The summed E-state index contributed by atoms with van der Waals surface area (Å²) < 4.78 is 30.2. The first-order valence-electron chi connectivity index (χ1n) is 13.5. The number of aryl methyl sites for hydroxylation is 1. The normalized spacial score (nSPS) is 14.1. The smallest absolute Gasteiger partial charge is 0.332 e. The van der Waals surface area contributed by atoms with E-state index in [-0.39, 0.29) is 45.2 Å². The van der Waals surface area contributed by atoms with Crippen LogP contribution in [0.4, 0.5) is 10.1 Å². The molecule has 1 aliphatic heterocycles. The lowest BCUT2D eigenvalue weighted by molar-refractivity contribution is -0.113. The number of imidazole rings is 1. The van der Waals surface area contributed by atoms with Gasteiger partial charge in [-0.15, -0.1) is 0 Å². The Hall–Kier alpha value is -4.43. The van der Waals surface area contributed by atoms with Gasteiger partial charge >= 0.3 is 11.7 Å². The zero-order valence-corrected chi connectivity index (χ0v) is 27.4. The molecule has 0 aliphatic carbocycles. The lowest BCUT2D eigenvalue weighted by atomic mass is 10.2. The fourth-order valence-corrected chi connectivity index (χ4v) is 6.64. The highest BCUT2D eigenvalue weighted by Crippen LogP contribution is 2.39. The van der Waals surface area contributed by atoms with Crippen LogP contribution in [0.1, 0.15) is 11.1 Å². The Bertz CT molecular complexity index is 2250. The van der Waals surface area contributed by atoms with Crippen molar-refractivity contribution in [2.24, 2.45) is 14.1 Å². The van der Waals surface area contributed by atoms with Gasteiger partial charge in [0.1, 0.15) is 5.82 Å². The van der Waals surface area contributed by atoms with Gasteiger partial charge in [0.25, 0.3) is 11.5 Å². The van der Waals surface area contributed by atoms with E-state index in [1.807, 2.05) is 0 Å². The van der Waals surface area contributed by atoms with Gasteiger partial charge in [-0.25, -0.2) is 9.18 Å². The van der Waals surface area contributed by atoms with Gasteiger partial charge in [-0.1, -0.05) is 71.4 Å². The molecule has 0 N–H and O–H groups in total. The average Bonchev–Trinajstić information content (AvgIpc) is 3.52. The minimum absolute atomic E-state index is 0.00359. The van der Waals surface area contributed by atoms with Gasteiger partial charge in [0.15, 0.2) is 27.0 Å². The predicted molar refractivity (Wildman–Crippen MR) is 181 cm³/mol. The standard InChI is InChI=1S/C31H22Cl2FN5O5S2/c1-36-26-25(28(41)37(2)30(36)42)38(15-17-9-10-18(32)14-19(17)33)29(35-26)44-22-11-8-16(12-23(22)43-3)13-24-27(40)39(31(45)46-24)21-7-5-4-6-20(21)34/h4-14H,15H2,1-3H3. The zero-order valence-electron chi connectivity index (χ0n) is 24.3. The van der Waals surface area contributed by atoms with Crippen LogP contribution in [0, 0.1) is 5.82 Å². The van der Waals surface area contributed by atoms with E-state index in [1.165, 1.54) is 48.5 Å². The number of hydrogen-bond donors (Lipinski definition) is 0. The van der Waals surface area contributed by atoms with Gasteiger partial charge in [0.05, 0.1) is 24.2 Å². The summed E-state index contributed by atoms with van der Waals surface area (Å²) >= 11 is 19.0. The molecule has 0 bridgehead atoms. The number of methoxy groups -OCH3 is 1. The Balaban J connectivity index is 1.39. The van der Waals surface area contributed by atoms with E-state index >= 15 is 0 Å². The Morgan fingerprint density at radius 1 is 1.00 bits per heavy atom. The van der Waals surface area contributed by atoms with Crippen LogP contribution in [-0.4, -0.2) is 36.0 Å². The van der Waals surface area contributed by atoms with Crippen molar-refractivity contribution in [3.05, 3.63) is 113 Å². The van der Waals surface area contributed by atoms with E-state index in [2.05, 4.69) is 4.98 Å². The molecular weight excluding hydrogens is 676 g/mol. The predicted octanol–water partition coefficient (Wildman–Crippen LogP) is 6.13. The van der Waals surface area contributed by atoms with Crippen molar-refractivity contribution in [3.8, 4) is 17.5 Å². The Kier molecular flexibility index (Phi) is 8.51. The number of amides is 1.